The number of aryl methyl sites for hydroxylation is 1. The number of hydrogen-bond acceptors (Lipinski definition) is 6. The normalized spacial score (nSPS) is 13.5. The van der Waals surface area contributed by atoms with Gasteiger partial charge in [-0.2, -0.15) is 0 Å². The first-order chi connectivity index (χ1) is 15.5. The van der Waals surface area contributed by atoms with Gasteiger partial charge in [0.05, 0.1) is 26.9 Å². The number of Topliss-reactive ketones (excluding diaryl/α,β-unsaturated/α-hetero) is 1. The minimum absolute atomic E-state index is 0.177. The van der Waals surface area contributed by atoms with Crippen molar-refractivity contribution in [2.24, 2.45) is 0 Å². The van der Waals surface area contributed by atoms with Gasteiger partial charge in [-0.05, 0) is 60.5 Å². The summed E-state index contributed by atoms with van der Waals surface area (Å²) in [7, 11) is 4.79. The van der Waals surface area contributed by atoms with E-state index in [1.54, 1.807) is 51.7 Å². The molecule has 0 saturated carbocycles. The highest BCUT2D eigenvalue weighted by molar-refractivity contribution is 6.15. The van der Waals surface area contributed by atoms with E-state index in [1.165, 1.54) is 0 Å². The van der Waals surface area contributed by atoms with Gasteiger partial charge < -0.3 is 23.7 Å². The van der Waals surface area contributed by atoms with Gasteiger partial charge in [0.25, 0.3) is 0 Å². The van der Waals surface area contributed by atoms with Gasteiger partial charge in [-0.25, -0.2) is 0 Å². The lowest BCUT2D eigenvalue weighted by Crippen LogP contribution is -2.00. The molecule has 0 amide bonds. The molecule has 0 N–H and O–H groups in total. The van der Waals surface area contributed by atoms with Crippen molar-refractivity contribution in [2.75, 3.05) is 21.3 Å². The van der Waals surface area contributed by atoms with E-state index in [1.807, 2.05) is 37.3 Å². The standard InChI is InChI=1S/C26H24O6/c1-16-11-21(31-15-17-5-7-19(28-2)8-6-17)14-23-25(16)26(27)24(32-23)13-18-12-20(29-3)9-10-22(18)30-4/h5-14H,15H2,1-4H3/b24-13-. The molecule has 0 radical (unpaired) electrons. The first kappa shape index (κ1) is 21.3. The Hall–Kier alpha value is -3.93. The lowest BCUT2D eigenvalue weighted by atomic mass is 10.0. The van der Waals surface area contributed by atoms with E-state index < -0.39 is 0 Å². The quantitative estimate of drug-likeness (QED) is 0.477. The zero-order valence-corrected chi connectivity index (χ0v) is 18.4. The van der Waals surface area contributed by atoms with Gasteiger partial charge in [-0.3, -0.25) is 4.79 Å². The predicted molar refractivity (Wildman–Crippen MR) is 121 cm³/mol. The number of ketones is 1. The Balaban J connectivity index is 1.57. The van der Waals surface area contributed by atoms with E-state index in [-0.39, 0.29) is 11.5 Å². The van der Waals surface area contributed by atoms with Crippen LogP contribution in [0.1, 0.15) is 27.0 Å². The maximum atomic E-state index is 13.0. The Bertz CT molecular complexity index is 1180. The molecule has 32 heavy (non-hydrogen) atoms. The van der Waals surface area contributed by atoms with Crippen LogP contribution in [0.4, 0.5) is 0 Å². The maximum Gasteiger partial charge on any atom is 0.232 e. The summed E-state index contributed by atoms with van der Waals surface area (Å²) in [4.78, 5) is 13.0. The van der Waals surface area contributed by atoms with Crippen molar-refractivity contribution in [3.8, 4) is 28.7 Å². The van der Waals surface area contributed by atoms with Gasteiger partial charge in [-0.1, -0.05) is 12.1 Å². The van der Waals surface area contributed by atoms with E-state index in [4.69, 9.17) is 23.7 Å². The Labute approximate surface area is 186 Å². The number of fused-ring (bicyclic) bond motifs is 1. The lowest BCUT2D eigenvalue weighted by Gasteiger charge is -2.10. The average Bonchev–Trinajstić information content (AvgIpc) is 3.13. The predicted octanol–water partition coefficient (Wildman–Crippen LogP) is 5.22. The fraction of sp³-hybridized carbons (Fsp3) is 0.192. The highest BCUT2D eigenvalue weighted by atomic mass is 16.5. The van der Waals surface area contributed by atoms with Gasteiger partial charge in [0.15, 0.2) is 5.76 Å². The summed E-state index contributed by atoms with van der Waals surface area (Å²) in [5, 5.41) is 0. The summed E-state index contributed by atoms with van der Waals surface area (Å²) in [6, 6.07) is 16.6. The molecule has 3 aromatic rings. The molecule has 0 aromatic heterocycles. The fourth-order valence-electron chi connectivity index (χ4n) is 3.54. The van der Waals surface area contributed by atoms with Crippen molar-refractivity contribution in [1.29, 1.82) is 0 Å². The number of allylic oxidation sites excluding steroid dienone is 1. The summed E-state index contributed by atoms with van der Waals surface area (Å²) in [5.74, 6) is 3.22. The maximum absolute atomic E-state index is 13.0. The van der Waals surface area contributed by atoms with Crippen LogP contribution in [0.2, 0.25) is 0 Å². The smallest absolute Gasteiger partial charge is 0.232 e. The Morgan fingerprint density at radius 2 is 1.56 bits per heavy atom. The molecule has 1 aliphatic rings. The van der Waals surface area contributed by atoms with Crippen LogP contribution in [-0.4, -0.2) is 27.1 Å². The molecule has 0 bridgehead atoms. The summed E-state index contributed by atoms with van der Waals surface area (Å²) in [6.45, 7) is 2.26. The van der Waals surface area contributed by atoms with Crippen LogP contribution >= 0.6 is 0 Å². The molecule has 1 heterocycles. The largest absolute Gasteiger partial charge is 0.497 e. The van der Waals surface area contributed by atoms with Crippen LogP contribution < -0.4 is 23.7 Å². The van der Waals surface area contributed by atoms with Gasteiger partial charge >= 0.3 is 0 Å². The molecule has 0 unspecified atom stereocenters. The van der Waals surface area contributed by atoms with E-state index in [0.29, 0.717) is 40.7 Å². The van der Waals surface area contributed by atoms with Crippen LogP contribution in [0, 0.1) is 6.92 Å². The number of benzene rings is 3. The molecule has 3 aromatic carbocycles. The zero-order chi connectivity index (χ0) is 22.7. The van der Waals surface area contributed by atoms with E-state index in [2.05, 4.69) is 0 Å². The molecule has 1 aliphatic heterocycles. The third-order valence-electron chi connectivity index (χ3n) is 5.23. The topological polar surface area (TPSA) is 63.2 Å². The molecule has 6 nitrogen and oxygen atoms in total. The highest BCUT2D eigenvalue weighted by Gasteiger charge is 2.30. The third kappa shape index (κ3) is 4.25. The third-order valence-corrected chi connectivity index (χ3v) is 5.23. The van der Waals surface area contributed by atoms with E-state index in [0.717, 1.165) is 16.9 Å². The number of carbonyl (C=O) groups is 1. The van der Waals surface area contributed by atoms with Crippen molar-refractivity contribution in [2.45, 2.75) is 13.5 Å². The number of methoxy groups -OCH3 is 3. The molecule has 0 aliphatic carbocycles. The Morgan fingerprint density at radius 3 is 2.25 bits per heavy atom. The van der Waals surface area contributed by atoms with E-state index in [9.17, 15) is 4.79 Å². The number of hydrogen-bond donors (Lipinski definition) is 0. The van der Waals surface area contributed by atoms with Crippen molar-refractivity contribution in [3.05, 3.63) is 82.6 Å². The SMILES string of the molecule is COc1ccc(COc2cc(C)c3c(c2)O/C(=C\c2cc(OC)ccc2OC)C3=O)cc1. The molecular weight excluding hydrogens is 408 g/mol. The average molecular weight is 432 g/mol. The first-order valence-electron chi connectivity index (χ1n) is 10.1. The van der Waals surface area contributed by atoms with Crippen molar-refractivity contribution >= 4 is 11.9 Å². The van der Waals surface area contributed by atoms with E-state index >= 15 is 0 Å². The van der Waals surface area contributed by atoms with Crippen LogP contribution in [0.25, 0.3) is 6.08 Å². The molecule has 0 saturated heterocycles. The second-order valence-electron chi connectivity index (χ2n) is 7.30. The first-order valence-corrected chi connectivity index (χ1v) is 10.1. The molecule has 0 spiro atoms. The summed E-state index contributed by atoms with van der Waals surface area (Å²) in [5.41, 5.74) is 3.02. The molecule has 164 valence electrons. The van der Waals surface area contributed by atoms with Crippen LogP contribution in [0.3, 0.4) is 0 Å². The lowest BCUT2D eigenvalue weighted by molar-refractivity contribution is 0.101. The second kappa shape index (κ2) is 9.06. The molecular formula is C26H24O6. The minimum atomic E-state index is -0.177. The van der Waals surface area contributed by atoms with Crippen molar-refractivity contribution in [1.82, 2.24) is 0 Å². The molecule has 4 rings (SSSR count). The van der Waals surface area contributed by atoms with Gasteiger partial charge in [-0.15, -0.1) is 0 Å². The molecule has 0 fully saturated rings. The summed E-state index contributed by atoms with van der Waals surface area (Å²) >= 11 is 0. The van der Waals surface area contributed by atoms with Gasteiger partial charge in [0.2, 0.25) is 5.78 Å². The highest BCUT2D eigenvalue weighted by Crippen LogP contribution is 2.38. The molecule has 0 atom stereocenters. The number of ether oxygens (including phenoxy) is 5. The van der Waals surface area contributed by atoms with Crippen LogP contribution in [0.5, 0.6) is 28.7 Å². The van der Waals surface area contributed by atoms with Gasteiger partial charge in [0.1, 0.15) is 35.4 Å². The van der Waals surface area contributed by atoms with Crippen LogP contribution in [0.15, 0.2) is 60.4 Å². The van der Waals surface area contributed by atoms with Crippen molar-refractivity contribution < 1.29 is 28.5 Å². The molecule has 6 heteroatoms. The summed E-state index contributed by atoms with van der Waals surface area (Å²) in [6.07, 6.45) is 1.67. The Kier molecular flexibility index (Phi) is 6.03. The van der Waals surface area contributed by atoms with Crippen LogP contribution in [-0.2, 0) is 6.61 Å². The Morgan fingerprint density at radius 1 is 0.844 bits per heavy atom. The zero-order valence-electron chi connectivity index (χ0n) is 18.4. The monoisotopic (exact) mass is 432 g/mol. The number of carbonyl (C=O) groups excluding carboxylic acids is 1. The number of rotatable bonds is 7. The van der Waals surface area contributed by atoms with Crippen molar-refractivity contribution in [3.63, 3.8) is 0 Å². The second-order valence-corrected chi connectivity index (χ2v) is 7.30. The minimum Gasteiger partial charge on any atom is -0.497 e. The fourth-order valence-corrected chi connectivity index (χ4v) is 3.54. The van der Waals surface area contributed by atoms with Gasteiger partial charge in [0, 0.05) is 11.6 Å². The summed E-state index contributed by atoms with van der Waals surface area (Å²) < 4.78 is 27.7.